The van der Waals surface area contributed by atoms with Crippen LogP contribution in [0.5, 0.6) is 0 Å². The van der Waals surface area contributed by atoms with Crippen LogP contribution in [0.2, 0.25) is 0 Å². The van der Waals surface area contributed by atoms with Crippen molar-refractivity contribution >= 4 is 0 Å². The maximum absolute atomic E-state index is 5.77. The van der Waals surface area contributed by atoms with Crippen molar-refractivity contribution in [3.05, 3.63) is 0 Å². The quantitative estimate of drug-likeness (QED) is 0.731. The summed E-state index contributed by atoms with van der Waals surface area (Å²) in [5.41, 5.74) is 0. The Morgan fingerprint density at radius 2 is 1.19 bits per heavy atom. The first-order valence-electron chi connectivity index (χ1n) is 6.12. The summed E-state index contributed by atoms with van der Waals surface area (Å²) < 4.78 is 23.0. The second-order valence-corrected chi connectivity index (χ2v) is 5.04. The third kappa shape index (κ3) is 2.56. The standard InChI is InChI=1S/C12H22O4/c1-7(2)15-9-5-13-12-10(16-8(3)4)6-14-11(9)12/h7-12H,5-6H2,1-4H3/t9-,10+,11-,12-/m0/s1. The first-order valence-corrected chi connectivity index (χ1v) is 6.12. The fourth-order valence-corrected chi connectivity index (χ4v) is 2.36. The van der Waals surface area contributed by atoms with Crippen molar-refractivity contribution in [2.45, 2.75) is 64.3 Å². The van der Waals surface area contributed by atoms with E-state index in [4.69, 9.17) is 18.9 Å². The van der Waals surface area contributed by atoms with Gasteiger partial charge in [-0.2, -0.15) is 0 Å². The number of hydrogen-bond donors (Lipinski definition) is 0. The third-order valence-corrected chi connectivity index (χ3v) is 2.86. The van der Waals surface area contributed by atoms with Crippen LogP contribution in [-0.2, 0) is 18.9 Å². The number of hydrogen-bond acceptors (Lipinski definition) is 4. The first kappa shape index (κ1) is 12.3. The predicted octanol–water partition coefficient (Wildman–Crippen LogP) is 1.37. The van der Waals surface area contributed by atoms with Gasteiger partial charge in [-0.3, -0.25) is 0 Å². The molecule has 0 spiro atoms. The average molecular weight is 230 g/mol. The Bertz CT molecular complexity index is 205. The van der Waals surface area contributed by atoms with Crippen molar-refractivity contribution in [1.82, 2.24) is 0 Å². The van der Waals surface area contributed by atoms with Gasteiger partial charge in [0, 0.05) is 0 Å². The normalized spacial score (nSPS) is 38.6. The molecule has 0 aromatic rings. The van der Waals surface area contributed by atoms with Crippen molar-refractivity contribution in [1.29, 1.82) is 0 Å². The summed E-state index contributed by atoms with van der Waals surface area (Å²) in [7, 11) is 0. The van der Waals surface area contributed by atoms with Crippen LogP contribution in [0.25, 0.3) is 0 Å². The zero-order valence-corrected chi connectivity index (χ0v) is 10.5. The van der Waals surface area contributed by atoms with E-state index in [0.717, 1.165) is 0 Å². The molecular weight excluding hydrogens is 208 g/mol. The highest BCUT2D eigenvalue weighted by Crippen LogP contribution is 2.31. The molecule has 0 saturated carbocycles. The lowest BCUT2D eigenvalue weighted by Crippen LogP contribution is -2.35. The van der Waals surface area contributed by atoms with Crippen molar-refractivity contribution in [2.75, 3.05) is 13.2 Å². The summed E-state index contributed by atoms with van der Waals surface area (Å²) in [5, 5.41) is 0. The topological polar surface area (TPSA) is 36.9 Å². The summed E-state index contributed by atoms with van der Waals surface area (Å²) in [6, 6.07) is 0. The Kier molecular flexibility index (Phi) is 3.85. The van der Waals surface area contributed by atoms with Crippen LogP contribution in [0.4, 0.5) is 0 Å². The molecule has 0 N–H and O–H groups in total. The maximum atomic E-state index is 5.77. The first-order chi connectivity index (χ1) is 7.58. The summed E-state index contributed by atoms with van der Waals surface area (Å²) in [5.74, 6) is 0. The fourth-order valence-electron chi connectivity index (χ4n) is 2.36. The molecule has 4 heteroatoms. The Balaban J connectivity index is 1.90. The summed E-state index contributed by atoms with van der Waals surface area (Å²) >= 11 is 0. The van der Waals surface area contributed by atoms with Gasteiger partial charge in [0.1, 0.15) is 24.4 Å². The minimum atomic E-state index is 0.0474. The number of ether oxygens (including phenoxy) is 4. The van der Waals surface area contributed by atoms with Crippen LogP contribution in [0.15, 0.2) is 0 Å². The molecule has 4 atom stereocenters. The van der Waals surface area contributed by atoms with E-state index >= 15 is 0 Å². The zero-order chi connectivity index (χ0) is 11.7. The molecule has 2 saturated heterocycles. The summed E-state index contributed by atoms with van der Waals surface area (Å²) in [6.07, 6.45) is 0.635. The van der Waals surface area contributed by atoms with Crippen molar-refractivity contribution in [2.24, 2.45) is 0 Å². The average Bonchev–Trinajstić information content (AvgIpc) is 2.70. The molecular formula is C12H22O4. The lowest BCUT2D eigenvalue weighted by molar-refractivity contribution is -0.0753. The van der Waals surface area contributed by atoms with Crippen LogP contribution in [0.3, 0.4) is 0 Å². The van der Waals surface area contributed by atoms with Gasteiger partial charge in [0.05, 0.1) is 25.4 Å². The minimum absolute atomic E-state index is 0.0474. The highest BCUT2D eigenvalue weighted by molar-refractivity contribution is 4.96. The fraction of sp³-hybridized carbons (Fsp3) is 1.00. The van der Waals surface area contributed by atoms with E-state index in [2.05, 4.69) is 0 Å². The second-order valence-electron chi connectivity index (χ2n) is 5.04. The number of rotatable bonds is 4. The lowest BCUT2D eigenvalue weighted by Gasteiger charge is -2.19. The highest BCUT2D eigenvalue weighted by atomic mass is 16.6. The Morgan fingerprint density at radius 3 is 1.50 bits per heavy atom. The molecule has 0 radical (unpaired) electrons. The van der Waals surface area contributed by atoms with Crippen molar-refractivity contribution < 1.29 is 18.9 Å². The third-order valence-electron chi connectivity index (χ3n) is 2.86. The van der Waals surface area contributed by atoms with Crippen molar-refractivity contribution in [3.8, 4) is 0 Å². The molecule has 16 heavy (non-hydrogen) atoms. The van der Waals surface area contributed by atoms with Gasteiger partial charge in [0.25, 0.3) is 0 Å². The molecule has 94 valence electrons. The second kappa shape index (κ2) is 5.00. The number of fused-ring (bicyclic) bond motifs is 1. The predicted molar refractivity (Wildman–Crippen MR) is 59.5 cm³/mol. The molecule has 0 aromatic heterocycles. The van der Waals surface area contributed by atoms with Gasteiger partial charge in [0.2, 0.25) is 0 Å². The van der Waals surface area contributed by atoms with E-state index in [9.17, 15) is 0 Å². The Labute approximate surface area is 97.2 Å². The van der Waals surface area contributed by atoms with Crippen LogP contribution in [0.1, 0.15) is 27.7 Å². The van der Waals surface area contributed by atoms with E-state index < -0.39 is 0 Å². The Morgan fingerprint density at radius 1 is 0.812 bits per heavy atom. The minimum Gasteiger partial charge on any atom is -0.370 e. The Hall–Kier alpha value is -0.160. The van der Waals surface area contributed by atoms with Crippen LogP contribution in [-0.4, -0.2) is 49.8 Å². The molecule has 0 amide bonds. The summed E-state index contributed by atoms with van der Waals surface area (Å²) in [4.78, 5) is 0. The molecule has 0 aliphatic carbocycles. The molecule has 0 aromatic carbocycles. The molecule has 2 rings (SSSR count). The molecule has 2 heterocycles. The smallest absolute Gasteiger partial charge is 0.115 e. The van der Waals surface area contributed by atoms with E-state index in [0.29, 0.717) is 13.2 Å². The van der Waals surface area contributed by atoms with E-state index in [-0.39, 0.29) is 36.6 Å². The maximum Gasteiger partial charge on any atom is 0.115 e. The van der Waals surface area contributed by atoms with Gasteiger partial charge in [-0.05, 0) is 27.7 Å². The zero-order valence-electron chi connectivity index (χ0n) is 10.5. The van der Waals surface area contributed by atoms with Gasteiger partial charge in [-0.1, -0.05) is 0 Å². The van der Waals surface area contributed by atoms with Crippen LogP contribution >= 0.6 is 0 Å². The van der Waals surface area contributed by atoms with Crippen LogP contribution < -0.4 is 0 Å². The van der Waals surface area contributed by atoms with E-state index in [1.165, 1.54) is 0 Å². The van der Waals surface area contributed by atoms with E-state index in [1.807, 2.05) is 27.7 Å². The molecule has 2 aliphatic rings. The molecule has 0 bridgehead atoms. The molecule has 4 nitrogen and oxygen atoms in total. The monoisotopic (exact) mass is 230 g/mol. The lowest BCUT2D eigenvalue weighted by atomic mass is 10.1. The van der Waals surface area contributed by atoms with Gasteiger partial charge >= 0.3 is 0 Å². The SMILES string of the molecule is CC(C)O[C@H]1CO[C@@H]2[C@H]1OC[C@H]2OC(C)C. The van der Waals surface area contributed by atoms with Gasteiger partial charge in [-0.15, -0.1) is 0 Å². The van der Waals surface area contributed by atoms with Gasteiger partial charge in [-0.25, -0.2) is 0 Å². The molecule has 2 fully saturated rings. The largest absolute Gasteiger partial charge is 0.370 e. The highest BCUT2D eigenvalue weighted by Gasteiger charge is 2.49. The summed E-state index contributed by atoms with van der Waals surface area (Å²) in [6.45, 7) is 9.36. The molecule has 2 aliphatic heterocycles. The van der Waals surface area contributed by atoms with Gasteiger partial charge in [0.15, 0.2) is 0 Å². The van der Waals surface area contributed by atoms with Crippen LogP contribution in [0, 0.1) is 0 Å². The van der Waals surface area contributed by atoms with E-state index in [1.54, 1.807) is 0 Å². The van der Waals surface area contributed by atoms with Gasteiger partial charge < -0.3 is 18.9 Å². The molecule has 0 unspecified atom stereocenters. The van der Waals surface area contributed by atoms with Crippen molar-refractivity contribution in [3.63, 3.8) is 0 Å².